The lowest BCUT2D eigenvalue weighted by molar-refractivity contribution is -0.158. The Labute approximate surface area is 117 Å². The number of carbonyl (C=O) groups is 2. The largest absolute Gasteiger partial charge is 0.467 e. The van der Waals surface area contributed by atoms with Gasteiger partial charge in [-0.2, -0.15) is 0 Å². The zero-order valence-electron chi connectivity index (χ0n) is 11.7. The van der Waals surface area contributed by atoms with E-state index in [1.165, 1.54) is 7.11 Å². The Bertz CT molecular complexity index is 476. The van der Waals surface area contributed by atoms with Gasteiger partial charge in [-0.05, 0) is 32.1 Å². The summed E-state index contributed by atoms with van der Waals surface area (Å²) < 4.78 is 15.9. The standard InChI is InChI=1S/C14H19NO5/c1-3-19-12(17)15-13(11(16)18-2)6-4-9-8-10-5-7-14(9,13)20-10/h5,7,9-10H,3-4,6,8H2,1-2H3,(H,15,17)/t9-,10-,13+,14+/m0/s1. The van der Waals surface area contributed by atoms with Crippen molar-refractivity contribution in [3.05, 3.63) is 12.2 Å². The summed E-state index contributed by atoms with van der Waals surface area (Å²) in [5.74, 6) is -0.237. The Kier molecular flexibility index (Phi) is 3.01. The van der Waals surface area contributed by atoms with Crippen LogP contribution in [-0.4, -0.2) is 43.0 Å². The molecular weight excluding hydrogens is 262 g/mol. The van der Waals surface area contributed by atoms with Crippen molar-refractivity contribution in [3.8, 4) is 0 Å². The van der Waals surface area contributed by atoms with Gasteiger partial charge in [0.05, 0.1) is 19.8 Å². The molecule has 2 heterocycles. The summed E-state index contributed by atoms with van der Waals surface area (Å²) in [4.78, 5) is 24.3. The van der Waals surface area contributed by atoms with Crippen LogP contribution in [0, 0.1) is 5.92 Å². The maximum Gasteiger partial charge on any atom is 0.408 e. The van der Waals surface area contributed by atoms with Crippen molar-refractivity contribution in [2.75, 3.05) is 13.7 Å². The van der Waals surface area contributed by atoms with E-state index in [0.717, 1.165) is 12.8 Å². The van der Waals surface area contributed by atoms with Crippen molar-refractivity contribution >= 4 is 12.1 Å². The number of amides is 1. The van der Waals surface area contributed by atoms with Gasteiger partial charge in [-0.25, -0.2) is 9.59 Å². The number of fused-ring (bicyclic) bond motifs is 1. The molecule has 2 fully saturated rings. The second-order valence-electron chi connectivity index (χ2n) is 5.52. The molecule has 3 rings (SSSR count). The smallest absolute Gasteiger partial charge is 0.408 e. The predicted molar refractivity (Wildman–Crippen MR) is 69.0 cm³/mol. The fraction of sp³-hybridized carbons (Fsp3) is 0.714. The number of nitrogens with one attached hydrogen (secondary N) is 1. The maximum absolute atomic E-state index is 12.4. The molecule has 1 amide bonds. The highest BCUT2D eigenvalue weighted by Gasteiger charge is 2.70. The average Bonchev–Trinajstić information content (AvgIpc) is 3.09. The first kappa shape index (κ1) is 13.4. The highest BCUT2D eigenvalue weighted by Crippen LogP contribution is 2.57. The molecule has 1 saturated heterocycles. The normalized spacial score (nSPS) is 40.5. The molecule has 2 aliphatic heterocycles. The van der Waals surface area contributed by atoms with Gasteiger partial charge >= 0.3 is 12.1 Å². The van der Waals surface area contributed by atoms with Crippen molar-refractivity contribution in [2.45, 2.75) is 43.4 Å². The minimum absolute atomic E-state index is 0.0355. The molecule has 0 radical (unpaired) electrons. The van der Waals surface area contributed by atoms with Crippen LogP contribution in [-0.2, 0) is 19.0 Å². The van der Waals surface area contributed by atoms with E-state index in [2.05, 4.69) is 5.32 Å². The molecule has 1 saturated carbocycles. The molecule has 0 aromatic rings. The van der Waals surface area contributed by atoms with Gasteiger partial charge < -0.3 is 19.5 Å². The molecule has 4 atom stereocenters. The average molecular weight is 281 g/mol. The molecule has 0 aromatic heterocycles. The van der Waals surface area contributed by atoms with Crippen molar-refractivity contribution in [2.24, 2.45) is 5.92 Å². The highest BCUT2D eigenvalue weighted by molar-refractivity contribution is 5.89. The van der Waals surface area contributed by atoms with Gasteiger partial charge in [0.15, 0.2) is 5.54 Å². The minimum Gasteiger partial charge on any atom is -0.467 e. The number of methoxy groups -OCH3 is 1. The zero-order chi connectivity index (χ0) is 14.4. The van der Waals surface area contributed by atoms with Crippen molar-refractivity contribution < 1.29 is 23.8 Å². The molecular formula is C14H19NO5. The quantitative estimate of drug-likeness (QED) is 0.620. The molecule has 110 valence electrons. The fourth-order valence-corrected chi connectivity index (χ4v) is 3.89. The summed E-state index contributed by atoms with van der Waals surface area (Å²) >= 11 is 0. The monoisotopic (exact) mass is 281 g/mol. The molecule has 3 aliphatic rings. The van der Waals surface area contributed by atoms with Crippen molar-refractivity contribution in [3.63, 3.8) is 0 Å². The molecule has 1 N–H and O–H groups in total. The van der Waals surface area contributed by atoms with Gasteiger partial charge in [0.2, 0.25) is 0 Å². The Morgan fingerprint density at radius 1 is 1.50 bits per heavy atom. The van der Waals surface area contributed by atoms with Crippen LogP contribution in [0.15, 0.2) is 12.2 Å². The third-order valence-electron chi connectivity index (χ3n) is 4.69. The van der Waals surface area contributed by atoms with Gasteiger partial charge in [-0.15, -0.1) is 0 Å². The number of ether oxygens (including phenoxy) is 3. The second kappa shape index (κ2) is 4.48. The van der Waals surface area contributed by atoms with Crippen LogP contribution in [0.4, 0.5) is 4.79 Å². The van der Waals surface area contributed by atoms with E-state index >= 15 is 0 Å². The number of carbonyl (C=O) groups excluding carboxylic acids is 2. The number of hydrogen-bond donors (Lipinski definition) is 1. The van der Waals surface area contributed by atoms with Crippen LogP contribution < -0.4 is 5.32 Å². The summed E-state index contributed by atoms with van der Waals surface area (Å²) in [6, 6.07) is 0. The van der Waals surface area contributed by atoms with Gasteiger partial charge in [-0.3, -0.25) is 0 Å². The summed E-state index contributed by atoms with van der Waals surface area (Å²) in [6.07, 6.45) is 5.52. The lowest BCUT2D eigenvalue weighted by atomic mass is 9.76. The van der Waals surface area contributed by atoms with Crippen LogP contribution in [0.5, 0.6) is 0 Å². The molecule has 6 heteroatoms. The van der Waals surface area contributed by atoms with Gasteiger partial charge in [0.25, 0.3) is 0 Å². The van der Waals surface area contributed by atoms with Crippen LogP contribution in [0.2, 0.25) is 0 Å². The predicted octanol–water partition coefficient (Wildman–Crippen LogP) is 1.15. The summed E-state index contributed by atoms with van der Waals surface area (Å²) in [5.41, 5.74) is -1.96. The molecule has 0 unspecified atom stereocenters. The van der Waals surface area contributed by atoms with E-state index < -0.39 is 23.2 Å². The maximum atomic E-state index is 12.4. The summed E-state index contributed by atoms with van der Waals surface area (Å²) in [7, 11) is 1.33. The third kappa shape index (κ3) is 1.54. The number of hydrogen-bond acceptors (Lipinski definition) is 5. The SMILES string of the molecule is CCOC(=O)N[C@@]1(C(=O)OC)CC[C@H]2C[C@@H]3C=C[C@@]21O3. The van der Waals surface area contributed by atoms with E-state index in [1.54, 1.807) is 6.92 Å². The Morgan fingerprint density at radius 2 is 2.30 bits per heavy atom. The molecule has 6 nitrogen and oxygen atoms in total. The van der Waals surface area contributed by atoms with E-state index in [9.17, 15) is 9.59 Å². The second-order valence-corrected chi connectivity index (χ2v) is 5.52. The van der Waals surface area contributed by atoms with Gasteiger partial charge in [0.1, 0.15) is 5.60 Å². The highest BCUT2D eigenvalue weighted by atomic mass is 16.6. The molecule has 2 bridgehead atoms. The van der Waals surface area contributed by atoms with Gasteiger partial charge in [-0.1, -0.05) is 12.2 Å². The van der Waals surface area contributed by atoms with Crippen LogP contribution >= 0.6 is 0 Å². The Hall–Kier alpha value is -1.56. The first-order valence-corrected chi connectivity index (χ1v) is 6.98. The van der Waals surface area contributed by atoms with Crippen LogP contribution in [0.3, 0.4) is 0 Å². The van der Waals surface area contributed by atoms with Crippen LogP contribution in [0.25, 0.3) is 0 Å². The topological polar surface area (TPSA) is 73.9 Å². The first-order chi connectivity index (χ1) is 9.58. The lowest BCUT2D eigenvalue weighted by Crippen LogP contribution is -2.66. The Morgan fingerprint density at radius 3 is 2.95 bits per heavy atom. The number of rotatable bonds is 3. The molecule has 1 spiro atoms. The van der Waals surface area contributed by atoms with E-state index in [4.69, 9.17) is 14.2 Å². The Balaban J connectivity index is 1.97. The number of esters is 1. The van der Waals surface area contributed by atoms with Crippen LogP contribution in [0.1, 0.15) is 26.2 Å². The third-order valence-corrected chi connectivity index (χ3v) is 4.69. The number of alkyl carbamates (subject to hydrolysis) is 1. The van der Waals surface area contributed by atoms with Crippen molar-refractivity contribution in [1.82, 2.24) is 5.32 Å². The van der Waals surface area contributed by atoms with E-state index in [-0.39, 0.29) is 18.6 Å². The molecule has 1 aliphatic carbocycles. The van der Waals surface area contributed by atoms with E-state index in [1.807, 2.05) is 12.2 Å². The van der Waals surface area contributed by atoms with Gasteiger partial charge in [0, 0.05) is 0 Å². The fourth-order valence-electron chi connectivity index (χ4n) is 3.89. The zero-order valence-corrected chi connectivity index (χ0v) is 11.7. The van der Waals surface area contributed by atoms with E-state index in [0.29, 0.717) is 6.42 Å². The summed E-state index contributed by atoms with van der Waals surface area (Å²) in [5, 5.41) is 2.72. The molecule has 20 heavy (non-hydrogen) atoms. The molecule has 0 aromatic carbocycles. The minimum atomic E-state index is -1.18. The first-order valence-electron chi connectivity index (χ1n) is 6.98. The lowest BCUT2D eigenvalue weighted by Gasteiger charge is -2.39. The summed E-state index contributed by atoms with van der Waals surface area (Å²) in [6.45, 7) is 1.97. The van der Waals surface area contributed by atoms with Crippen molar-refractivity contribution in [1.29, 1.82) is 0 Å².